The fourth-order valence-corrected chi connectivity index (χ4v) is 5.57. The van der Waals surface area contributed by atoms with Crippen molar-refractivity contribution in [3.05, 3.63) is 0 Å². The topological polar surface area (TPSA) is 271 Å². The van der Waals surface area contributed by atoms with Gasteiger partial charge in [-0.05, 0) is 19.6 Å². The van der Waals surface area contributed by atoms with Gasteiger partial charge in [0.1, 0.15) is 0 Å². The minimum Gasteiger partial charge on any atom is -0.307 e. The molecule has 0 spiro atoms. The normalized spacial score (nSPS) is 14.9. The number of hydrogen-bond donors (Lipinski definition) is 6. The highest BCUT2D eigenvalue weighted by atomic mass is 31.2. The van der Waals surface area contributed by atoms with Gasteiger partial charge in [-0.25, -0.2) is 13.7 Å². The highest BCUT2D eigenvalue weighted by molar-refractivity contribution is 7.46. The van der Waals surface area contributed by atoms with Crippen LogP contribution in [0.25, 0.3) is 0 Å². The Bertz CT molecular complexity index is 1010. The van der Waals surface area contributed by atoms with Crippen molar-refractivity contribution >= 4 is 41.2 Å². The number of amides is 3. The van der Waals surface area contributed by atoms with E-state index in [2.05, 4.69) is 13.6 Å². The zero-order valence-corrected chi connectivity index (χ0v) is 30.3. The standard InChI is InChI=1S/C24H51N6O15P3/c1-4-25(13-16-43-46(34,35)36)10-7-22(31)28-19-29(23(32)8-11-26(5-2)14-17-44-47(37,38)39)21-30(20-28)24(33)9-12-27(6-3)15-18-45-48(40,41)42/h4-21H2,1-3H3,(H2,34,35,36)(H2,37,38,39)(H2,40,41,42). The Balaban J connectivity index is 2.93. The summed E-state index contributed by atoms with van der Waals surface area (Å²) in [5, 5.41) is 0. The van der Waals surface area contributed by atoms with E-state index in [0.717, 1.165) is 0 Å². The fourth-order valence-electron chi connectivity index (χ4n) is 4.61. The summed E-state index contributed by atoms with van der Waals surface area (Å²) >= 11 is 0. The van der Waals surface area contributed by atoms with Crippen molar-refractivity contribution in [3.63, 3.8) is 0 Å². The maximum Gasteiger partial charge on any atom is 0.469 e. The van der Waals surface area contributed by atoms with Gasteiger partial charge in [0.05, 0.1) is 39.8 Å². The van der Waals surface area contributed by atoms with Crippen LogP contribution < -0.4 is 0 Å². The summed E-state index contributed by atoms with van der Waals surface area (Å²) in [6.07, 6.45) is -0.0411. The summed E-state index contributed by atoms with van der Waals surface area (Å²) in [5.41, 5.74) is 0. The van der Waals surface area contributed by atoms with E-state index >= 15 is 0 Å². The molecule has 1 heterocycles. The van der Waals surface area contributed by atoms with Crippen molar-refractivity contribution in [1.29, 1.82) is 0 Å². The lowest BCUT2D eigenvalue weighted by Gasteiger charge is -2.42. The quantitative estimate of drug-likeness (QED) is 0.0633. The molecule has 1 fully saturated rings. The third kappa shape index (κ3) is 20.3. The molecule has 48 heavy (non-hydrogen) atoms. The molecule has 21 nitrogen and oxygen atoms in total. The number of hydrogen-bond acceptors (Lipinski definition) is 12. The Morgan fingerprint density at radius 1 is 0.500 bits per heavy atom. The van der Waals surface area contributed by atoms with Crippen molar-refractivity contribution in [1.82, 2.24) is 29.4 Å². The predicted octanol–water partition coefficient (Wildman–Crippen LogP) is -1.18. The Kier molecular flexibility index (Phi) is 20.2. The van der Waals surface area contributed by atoms with Crippen LogP contribution >= 0.6 is 23.5 Å². The molecule has 0 aromatic rings. The van der Waals surface area contributed by atoms with Gasteiger partial charge >= 0.3 is 23.5 Å². The number of nitrogens with zero attached hydrogens (tertiary/aromatic N) is 6. The maximum absolute atomic E-state index is 13.3. The summed E-state index contributed by atoms with van der Waals surface area (Å²) in [4.78, 5) is 103. The lowest BCUT2D eigenvalue weighted by Crippen LogP contribution is -2.60. The molecule has 0 atom stereocenters. The number of likely N-dealkylation sites (N-methyl/N-ethyl adjacent to an activating group) is 3. The summed E-state index contributed by atoms with van der Waals surface area (Å²) in [5.74, 6) is -1.10. The molecule has 0 bridgehead atoms. The highest BCUT2D eigenvalue weighted by Gasteiger charge is 2.32. The number of phosphoric acid groups is 3. The molecule has 0 radical (unpaired) electrons. The van der Waals surface area contributed by atoms with Gasteiger partial charge in [0.15, 0.2) is 0 Å². The third-order valence-corrected chi connectivity index (χ3v) is 8.91. The average molecular weight is 757 g/mol. The van der Waals surface area contributed by atoms with Gasteiger partial charge in [0, 0.05) is 58.5 Å². The van der Waals surface area contributed by atoms with E-state index < -0.39 is 23.5 Å². The molecule has 0 aromatic carbocycles. The van der Waals surface area contributed by atoms with Gasteiger partial charge in [-0.3, -0.25) is 28.0 Å². The largest absolute Gasteiger partial charge is 0.469 e. The number of phosphoric ester groups is 3. The molecular weight excluding hydrogens is 705 g/mol. The minimum atomic E-state index is -4.64. The second-order valence-corrected chi connectivity index (χ2v) is 14.5. The first-order valence-corrected chi connectivity index (χ1v) is 20.0. The Labute approximate surface area is 280 Å². The average Bonchev–Trinajstić information content (AvgIpc) is 2.99. The number of carbonyl (C=O) groups is 3. The van der Waals surface area contributed by atoms with Crippen LogP contribution in [-0.2, 0) is 41.6 Å². The molecule has 24 heteroatoms. The Morgan fingerprint density at radius 3 is 0.917 bits per heavy atom. The first kappa shape index (κ1) is 44.6. The molecule has 1 aliphatic rings. The molecule has 3 amide bonds. The van der Waals surface area contributed by atoms with E-state index in [-0.39, 0.29) is 116 Å². The van der Waals surface area contributed by atoms with Crippen LogP contribution in [0, 0.1) is 0 Å². The van der Waals surface area contributed by atoms with Gasteiger partial charge < -0.3 is 58.8 Å². The van der Waals surface area contributed by atoms with Gasteiger partial charge in [-0.15, -0.1) is 0 Å². The van der Waals surface area contributed by atoms with Crippen LogP contribution in [0.5, 0.6) is 0 Å². The van der Waals surface area contributed by atoms with Crippen LogP contribution in [-0.4, -0.2) is 175 Å². The molecule has 0 saturated carbocycles. The Morgan fingerprint density at radius 2 is 0.729 bits per heavy atom. The van der Waals surface area contributed by atoms with Crippen molar-refractivity contribution in [3.8, 4) is 0 Å². The van der Waals surface area contributed by atoms with Crippen LogP contribution in [0.1, 0.15) is 40.0 Å². The minimum absolute atomic E-state index is 0.0137. The molecular formula is C24H51N6O15P3. The fraction of sp³-hybridized carbons (Fsp3) is 0.875. The lowest BCUT2D eigenvalue weighted by atomic mass is 10.2. The van der Waals surface area contributed by atoms with Crippen molar-refractivity contribution in [2.45, 2.75) is 40.0 Å². The molecule has 0 unspecified atom stereocenters. The van der Waals surface area contributed by atoms with Gasteiger partial charge in [-0.2, -0.15) is 0 Å². The summed E-state index contributed by atoms with van der Waals surface area (Å²) < 4.78 is 46.4. The third-order valence-electron chi connectivity index (χ3n) is 7.35. The van der Waals surface area contributed by atoms with Crippen LogP contribution in [0.2, 0.25) is 0 Å². The van der Waals surface area contributed by atoms with E-state index in [0.29, 0.717) is 19.6 Å². The van der Waals surface area contributed by atoms with Crippen molar-refractivity contribution in [2.75, 3.05) is 98.7 Å². The molecule has 1 rings (SSSR count). The summed E-state index contributed by atoms with van der Waals surface area (Å²) in [6, 6.07) is 0. The summed E-state index contributed by atoms with van der Waals surface area (Å²) in [7, 11) is -13.9. The molecule has 6 N–H and O–H groups in total. The van der Waals surface area contributed by atoms with Gasteiger partial charge in [0.25, 0.3) is 0 Å². The molecule has 0 aromatic heterocycles. The van der Waals surface area contributed by atoms with E-state index in [9.17, 15) is 28.1 Å². The maximum atomic E-state index is 13.3. The van der Waals surface area contributed by atoms with Crippen molar-refractivity contribution < 1.29 is 71.0 Å². The first-order valence-electron chi connectivity index (χ1n) is 15.4. The molecule has 1 saturated heterocycles. The smallest absolute Gasteiger partial charge is 0.307 e. The van der Waals surface area contributed by atoms with E-state index in [1.54, 1.807) is 35.5 Å². The van der Waals surface area contributed by atoms with Crippen LogP contribution in [0.3, 0.4) is 0 Å². The SMILES string of the molecule is CCN(CCOP(=O)(O)O)CCC(=O)N1CN(C(=O)CCN(CC)CCOP(=O)(O)O)CN(C(=O)CCN(CC)CCOP(=O)(O)O)C1. The molecule has 1 aliphatic heterocycles. The zero-order chi connectivity index (χ0) is 36.5. The lowest BCUT2D eigenvalue weighted by molar-refractivity contribution is -0.159. The van der Waals surface area contributed by atoms with Gasteiger partial charge in [0.2, 0.25) is 17.7 Å². The second kappa shape index (κ2) is 21.8. The predicted molar refractivity (Wildman–Crippen MR) is 169 cm³/mol. The monoisotopic (exact) mass is 756 g/mol. The van der Waals surface area contributed by atoms with Crippen LogP contribution in [0.15, 0.2) is 0 Å². The van der Waals surface area contributed by atoms with E-state index in [4.69, 9.17) is 29.4 Å². The number of rotatable bonds is 24. The molecule has 282 valence electrons. The number of carbonyl (C=O) groups excluding carboxylic acids is 3. The van der Waals surface area contributed by atoms with Crippen LogP contribution in [0.4, 0.5) is 0 Å². The first-order chi connectivity index (χ1) is 22.3. The van der Waals surface area contributed by atoms with Gasteiger partial charge in [-0.1, -0.05) is 20.8 Å². The summed E-state index contributed by atoms with van der Waals surface area (Å²) in [6.45, 7) is 6.93. The second-order valence-electron chi connectivity index (χ2n) is 10.7. The Hall–Kier alpha value is -1.38. The highest BCUT2D eigenvalue weighted by Crippen LogP contribution is 2.36. The zero-order valence-electron chi connectivity index (χ0n) is 27.6. The van der Waals surface area contributed by atoms with E-state index in [1.165, 1.54) is 14.7 Å². The molecule has 0 aliphatic carbocycles. The van der Waals surface area contributed by atoms with Crippen molar-refractivity contribution in [2.24, 2.45) is 0 Å². The van der Waals surface area contributed by atoms with E-state index in [1.807, 2.05) is 0 Å².